The Morgan fingerprint density at radius 2 is 1.61 bits per heavy atom. The van der Waals surface area contributed by atoms with Crippen LogP contribution in [0.4, 0.5) is 8.78 Å². The van der Waals surface area contributed by atoms with Gasteiger partial charge in [0.2, 0.25) is 19.8 Å². The molecule has 2 heterocycles. The minimum Gasteiger partial charge on any atom is -0.346 e. The molecule has 0 aliphatic carbocycles. The van der Waals surface area contributed by atoms with E-state index in [0.29, 0.717) is 16.7 Å². The molecule has 0 aromatic heterocycles. The fraction of sp³-hybridized carbons (Fsp3) is 0.273. The highest BCUT2D eigenvalue weighted by atomic mass is 35.5. The molecule has 1 N–H and O–H groups in total. The van der Waals surface area contributed by atoms with Crippen LogP contribution in [0.15, 0.2) is 42.5 Å². The molecule has 1 atom stereocenters. The standard InChI is InChI=1S/C22H24B6ClF2N3O4/c23-20(24)17(37)34(28)18(38)21(25,22(20,26)27)33-9-11-7-10(1-6-14(11)15(33)35)8-32-16(36)19(30,31)12-2-4-13(29)5-3-12/h1-7H,8-9,23-28H2,(H,32,36)/t21-/m1/s1. The molecule has 0 radical (unpaired) electrons. The smallest absolute Gasteiger partial charge is 0.346 e. The lowest BCUT2D eigenvalue weighted by atomic mass is 9.21. The van der Waals surface area contributed by atoms with Crippen molar-refractivity contribution in [3.8, 4) is 0 Å². The quantitative estimate of drug-likeness (QED) is 0.323. The number of amides is 4. The number of halogens is 3. The Morgan fingerprint density at radius 3 is 2.21 bits per heavy atom. The summed E-state index contributed by atoms with van der Waals surface area (Å²) in [5, 5.41) is 0.684. The van der Waals surface area contributed by atoms with Crippen LogP contribution in [0.2, 0.25) is 15.5 Å². The van der Waals surface area contributed by atoms with Crippen molar-refractivity contribution in [2.24, 2.45) is 0 Å². The molecule has 190 valence electrons. The summed E-state index contributed by atoms with van der Waals surface area (Å²) in [6.45, 7) is -0.0872. The Morgan fingerprint density at radius 1 is 1.00 bits per heavy atom. The summed E-state index contributed by atoms with van der Waals surface area (Å²) in [5.41, 5.74) is -0.300. The van der Waals surface area contributed by atoms with Gasteiger partial charge in [0, 0.05) is 29.2 Å². The van der Waals surface area contributed by atoms with Crippen LogP contribution in [-0.4, -0.2) is 86.0 Å². The van der Waals surface area contributed by atoms with E-state index in [1.807, 2.05) is 15.7 Å². The van der Waals surface area contributed by atoms with E-state index in [4.69, 9.17) is 11.6 Å². The van der Waals surface area contributed by atoms with Gasteiger partial charge >= 0.3 is 5.92 Å². The molecule has 0 saturated carbocycles. The molecular weight excluding hydrogens is 509 g/mol. The van der Waals surface area contributed by atoms with Crippen molar-refractivity contribution >= 4 is 82.4 Å². The molecule has 1 saturated heterocycles. The summed E-state index contributed by atoms with van der Waals surface area (Å²) in [5.74, 6) is -6.36. The lowest BCUT2D eigenvalue weighted by Gasteiger charge is -2.61. The second-order valence-corrected chi connectivity index (χ2v) is 11.6. The zero-order chi connectivity index (χ0) is 28.4. The second kappa shape index (κ2) is 9.07. The Hall–Kier alpha value is -2.94. The summed E-state index contributed by atoms with van der Waals surface area (Å²) >= 11 is 5.75. The fourth-order valence-electron chi connectivity index (χ4n) is 5.36. The van der Waals surface area contributed by atoms with E-state index in [-0.39, 0.29) is 29.9 Å². The first-order valence-electron chi connectivity index (χ1n) is 12.2. The average Bonchev–Trinajstić information content (AvgIpc) is 3.20. The van der Waals surface area contributed by atoms with Gasteiger partial charge < -0.3 is 15.0 Å². The number of carbonyl (C=O) groups is 4. The Kier molecular flexibility index (Phi) is 6.70. The van der Waals surface area contributed by atoms with Crippen LogP contribution in [0.1, 0.15) is 27.0 Å². The number of alkyl halides is 2. The largest absolute Gasteiger partial charge is 0.349 e. The van der Waals surface area contributed by atoms with Gasteiger partial charge in [0.25, 0.3) is 11.8 Å². The minimum atomic E-state index is -3.76. The Labute approximate surface area is 229 Å². The molecule has 0 bridgehead atoms. The topological polar surface area (TPSA) is 86.8 Å². The van der Waals surface area contributed by atoms with Crippen LogP contribution >= 0.6 is 11.6 Å². The first-order chi connectivity index (χ1) is 17.5. The lowest BCUT2D eigenvalue weighted by molar-refractivity contribution is -0.149. The third-order valence-corrected chi connectivity index (χ3v) is 9.05. The van der Waals surface area contributed by atoms with Crippen LogP contribution in [0.3, 0.4) is 0 Å². The van der Waals surface area contributed by atoms with Crippen LogP contribution in [0, 0.1) is 0 Å². The van der Waals surface area contributed by atoms with Gasteiger partial charge in [0.05, 0.1) is 5.44 Å². The lowest BCUT2D eigenvalue weighted by Crippen LogP contribution is -2.75. The van der Waals surface area contributed by atoms with Crippen molar-refractivity contribution in [2.75, 3.05) is 0 Å². The molecule has 4 amide bonds. The number of nitrogens with one attached hydrogen (secondary N) is 1. The SMILES string of the molecule is BN1C(=O)C(B)(B)C(B)(B)[C@](B)(N2Cc3cc(CNC(=O)C(F)(F)c4ccc(Cl)cc4)ccc3C2=O)C1=O. The van der Waals surface area contributed by atoms with E-state index in [0.717, 1.165) is 16.9 Å². The number of carbonyl (C=O) groups excluding carboxylic acids is 4. The van der Waals surface area contributed by atoms with Gasteiger partial charge in [-0.25, -0.2) is 0 Å². The van der Waals surface area contributed by atoms with Crippen molar-refractivity contribution in [1.82, 2.24) is 15.0 Å². The maximum atomic E-state index is 14.6. The van der Waals surface area contributed by atoms with E-state index in [1.165, 1.54) is 25.0 Å². The number of rotatable bonds is 5. The monoisotopic (exact) mass is 533 g/mol. The molecule has 0 spiro atoms. The predicted molar refractivity (Wildman–Crippen MR) is 155 cm³/mol. The van der Waals surface area contributed by atoms with Gasteiger partial charge in [-0.2, -0.15) is 8.78 Å². The van der Waals surface area contributed by atoms with Gasteiger partial charge in [-0.3, -0.25) is 19.2 Å². The van der Waals surface area contributed by atoms with Crippen molar-refractivity contribution in [1.29, 1.82) is 0 Å². The average molecular weight is 533 g/mol. The zero-order valence-corrected chi connectivity index (χ0v) is 22.9. The highest BCUT2D eigenvalue weighted by Crippen LogP contribution is 2.56. The zero-order valence-electron chi connectivity index (χ0n) is 22.1. The van der Waals surface area contributed by atoms with E-state index in [9.17, 15) is 28.0 Å². The van der Waals surface area contributed by atoms with Crippen LogP contribution in [0.25, 0.3) is 0 Å². The number of hydrogen-bond donors (Lipinski definition) is 1. The van der Waals surface area contributed by atoms with E-state index in [1.54, 1.807) is 41.7 Å². The van der Waals surface area contributed by atoms with Gasteiger partial charge in [-0.1, -0.05) is 41.1 Å². The minimum absolute atomic E-state index is 0.0979. The van der Waals surface area contributed by atoms with Gasteiger partial charge in [0.15, 0.2) is 0 Å². The highest BCUT2D eigenvalue weighted by molar-refractivity contribution is 6.68. The summed E-state index contributed by atoms with van der Waals surface area (Å²) in [7, 11) is 10.3. The molecule has 7 nitrogen and oxygen atoms in total. The predicted octanol–water partition coefficient (Wildman–Crippen LogP) is -3.28. The van der Waals surface area contributed by atoms with Crippen LogP contribution in [0.5, 0.6) is 0 Å². The van der Waals surface area contributed by atoms with E-state index < -0.39 is 39.2 Å². The molecule has 2 aromatic carbocycles. The maximum absolute atomic E-state index is 14.6. The number of piperidine rings is 1. The van der Waals surface area contributed by atoms with Crippen molar-refractivity contribution in [3.63, 3.8) is 0 Å². The second-order valence-electron chi connectivity index (χ2n) is 11.1. The number of fused-ring (bicyclic) bond motifs is 1. The third kappa shape index (κ3) is 3.92. The van der Waals surface area contributed by atoms with Gasteiger partial charge in [-0.15, -0.1) is 0 Å². The van der Waals surface area contributed by atoms with Crippen molar-refractivity contribution in [3.05, 3.63) is 69.7 Å². The van der Waals surface area contributed by atoms with Gasteiger partial charge in [-0.05, 0) is 34.5 Å². The molecule has 1 fully saturated rings. The molecule has 2 aliphatic heterocycles. The fourth-order valence-corrected chi connectivity index (χ4v) is 5.49. The third-order valence-electron chi connectivity index (χ3n) is 8.80. The van der Waals surface area contributed by atoms with Crippen molar-refractivity contribution < 1.29 is 28.0 Å². The molecule has 2 aliphatic rings. The number of imide groups is 1. The molecule has 38 heavy (non-hydrogen) atoms. The molecule has 16 heteroatoms. The summed E-state index contributed by atoms with van der Waals surface area (Å²) < 4.78 is 29.2. The Balaban J connectivity index is 1.56. The molecular formula is C22H24B6ClF2N3O4. The highest BCUT2D eigenvalue weighted by Gasteiger charge is 2.65. The summed E-state index contributed by atoms with van der Waals surface area (Å²) in [4.78, 5) is 54.8. The normalized spacial score (nSPS) is 22.3. The Bertz CT molecular complexity index is 1380. The van der Waals surface area contributed by atoms with E-state index in [2.05, 4.69) is 5.32 Å². The van der Waals surface area contributed by atoms with E-state index >= 15 is 0 Å². The molecule has 0 unspecified atom stereocenters. The maximum Gasteiger partial charge on any atom is 0.349 e. The number of benzene rings is 2. The number of nitrogens with zero attached hydrogens (tertiary/aromatic N) is 2. The summed E-state index contributed by atoms with van der Waals surface area (Å²) in [6, 6.07) is 9.58. The van der Waals surface area contributed by atoms with Crippen LogP contribution < -0.4 is 5.32 Å². The van der Waals surface area contributed by atoms with Gasteiger partial charge in [0.1, 0.15) is 39.2 Å². The molecule has 4 rings (SSSR count). The molecule has 2 aromatic rings. The van der Waals surface area contributed by atoms with Crippen LogP contribution in [-0.2, 0) is 33.4 Å². The first kappa shape index (κ1) is 28.1. The van der Waals surface area contributed by atoms with Crippen molar-refractivity contribution in [2.45, 2.75) is 34.9 Å². The summed E-state index contributed by atoms with van der Waals surface area (Å²) in [6.07, 6.45) is 0. The first-order valence-corrected chi connectivity index (χ1v) is 12.5. The number of hydrogen-bond acceptors (Lipinski definition) is 4.